The van der Waals surface area contributed by atoms with E-state index in [2.05, 4.69) is 98.5 Å². The van der Waals surface area contributed by atoms with Gasteiger partial charge in [0.15, 0.2) is 0 Å². The first kappa shape index (κ1) is 27.8. The zero-order valence-electron chi connectivity index (χ0n) is 20.4. The SMILES string of the molecule is C=C/C=C(/C/C=C\C(=C/C=C)C(/C=C/c1ccc(C(=C)C=N/C=C\C)cc1)NCN)C(C)C. The summed E-state index contributed by atoms with van der Waals surface area (Å²) in [6, 6.07) is 8.21. The van der Waals surface area contributed by atoms with E-state index in [9.17, 15) is 0 Å². The quantitative estimate of drug-likeness (QED) is 0.185. The molecule has 0 bridgehead atoms. The van der Waals surface area contributed by atoms with Crippen molar-refractivity contribution in [1.82, 2.24) is 5.32 Å². The minimum absolute atomic E-state index is 0.0299. The first-order valence-corrected chi connectivity index (χ1v) is 11.3. The molecule has 3 N–H and O–H groups in total. The molecule has 1 aromatic carbocycles. The molecule has 0 aliphatic rings. The topological polar surface area (TPSA) is 50.4 Å². The molecule has 0 saturated carbocycles. The smallest absolute Gasteiger partial charge is 0.0519 e. The van der Waals surface area contributed by atoms with E-state index < -0.39 is 0 Å². The van der Waals surface area contributed by atoms with Crippen molar-refractivity contribution in [3.05, 3.63) is 121 Å². The van der Waals surface area contributed by atoms with Gasteiger partial charge in [0, 0.05) is 19.1 Å². The van der Waals surface area contributed by atoms with Crippen molar-refractivity contribution in [3.8, 4) is 0 Å². The molecule has 0 amide bonds. The lowest BCUT2D eigenvalue weighted by Gasteiger charge is -2.16. The van der Waals surface area contributed by atoms with Crippen LogP contribution in [0, 0.1) is 5.92 Å². The fourth-order valence-electron chi connectivity index (χ4n) is 3.11. The van der Waals surface area contributed by atoms with Crippen LogP contribution in [0.5, 0.6) is 0 Å². The molecule has 0 aliphatic heterocycles. The number of hydrogen-bond donors (Lipinski definition) is 2. The Kier molecular flexibility index (Phi) is 13.8. The second kappa shape index (κ2) is 16.4. The van der Waals surface area contributed by atoms with Crippen LogP contribution in [0.2, 0.25) is 0 Å². The van der Waals surface area contributed by atoms with Crippen molar-refractivity contribution < 1.29 is 0 Å². The average Bonchev–Trinajstić information content (AvgIpc) is 2.81. The van der Waals surface area contributed by atoms with E-state index in [0.717, 1.165) is 28.7 Å². The number of nitrogens with two attached hydrogens (primary N) is 1. The van der Waals surface area contributed by atoms with E-state index in [4.69, 9.17) is 5.73 Å². The molecule has 1 atom stereocenters. The van der Waals surface area contributed by atoms with Crippen molar-refractivity contribution in [2.45, 2.75) is 33.2 Å². The van der Waals surface area contributed by atoms with Crippen molar-refractivity contribution in [2.24, 2.45) is 16.6 Å². The third-order valence-electron chi connectivity index (χ3n) is 4.97. The third-order valence-corrected chi connectivity index (χ3v) is 4.97. The Morgan fingerprint density at radius 3 is 2.39 bits per heavy atom. The minimum Gasteiger partial charge on any atom is -0.318 e. The predicted octanol–water partition coefficient (Wildman–Crippen LogP) is 7.02. The Bertz CT molecular complexity index is 935. The van der Waals surface area contributed by atoms with E-state index in [1.807, 2.05) is 25.2 Å². The van der Waals surface area contributed by atoms with Gasteiger partial charge in [-0.3, -0.25) is 10.3 Å². The molecule has 0 aromatic heterocycles. The molecule has 1 aromatic rings. The highest BCUT2D eigenvalue weighted by Crippen LogP contribution is 2.17. The Morgan fingerprint density at radius 1 is 1.12 bits per heavy atom. The van der Waals surface area contributed by atoms with Gasteiger partial charge in [0.2, 0.25) is 0 Å². The first-order chi connectivity index (χ1) is 16.0. The molecule has 0 aliphatic carbocycles. The van der Waals surface area contributed by atoms with E-state index in [1.165, 1.54) is 5.57 Å². The maximum atomic E-state index is 5.82. The number of rotatable bonds is 14. The summed E-state index contributed by atoms with van der Waals surface area (Å²) >= 11 is 0. The maximum absolute atomic E-state index is 5.82. The van der Waals surface area contributed by atoms with Crippen LogP contribution >= 0.6 is 0 Å². The van der Waals surface area contributed by atoms with Crippen LogP contribution in [0.25, 0.3) is 11.6 Å². The molecule has 3 nitrogen and oxygen atoms in total. The number of allylic oxidation sites excluding steroid dienone is 8. The van der Waals surface area contributed by atoms with Crippen LogP contribution in [0.15, 0.2) is 115 Å². The molecular formula is C30H39N3. The van der Waals surface area contributed by atoms with Crippen molar-refractivity contribution in [2.75, 3.05) is 6.67 Å². The summed E-state index contributed by atoms with van der Waals surface area (Å²) in [5, 5.41) is 3.34. The molecule has 3 heteroatoms. The van der Waals surface area contributed by atoms with E-state index in [-0.39, 0.29) is 6.04 Å². The van der Waals surface area contributed by atoms with Gasteiger partial charge in [0.1, 0.15) is 0 Å². The first-order valence-electron chi connectivity index (χ1n) is 11.3. The highest BCUT2D eigenvalue weighted by molar-refractivity contribution is 6.08. The summed E-state index contributed by atoms with van der Waals surface area (Å²) in [6.45, 7) is 18.5. The predicted molar refractivity (Wildman–Crippen MR) is 149 cm³/mol. The lowest BCUT2D eigenvalue weighted by Crippen LogP contribution is -2.33. The summed E-state index contributed by atoms with van der Waals surface area (Å²) in [5.74, 6) is 0.478. The van der Waals surface area contributed by atoms with Gasteiger partial charge in [-0.2, -0.15) is 0 Å². The van der Waals surface area contributed by atoms with Gasteiger partial charge in [0.25, 0.3) is 0 Å². The van der Waals surface area contributed by atoms with Crippen molar-refractivity contribution >= 4 is 17.9 Å². The standard InChI is InChI=1S/C30H39N3/c1-7-11-27(24(4)5)13-10-14-29(12-8-2)30(33-23-31)20-17-26-15-18-28(19-16-26)25(6)22-32-21-9-3/h7-12,14-22,24,30,33H,1-2,6,13,23,31H2,3-5H3/b14-10-,20-17+,21-9-,27-11-,29-12+,32-22?. The molecule has 174 valence electrons. The Hall–Kier alpha value is -3.27. The molecule has 0 radical (unpaired) electrons. The number of nitrogens with one attached hydrogen (secondary N) is 1. The summed E-state index contributed by atoms with van der Waals surface area (Å²) in [7, 11) is 0. The molecule has 33 heavy (non-hydrogen) atoms. The molecule has 0 saturated heterocycles. The number of benzene rings is 1. The van der Waals surface area contributed by atoms with E-state index >= 15 is 0 Å². The van der Waals surface area contributed by atoms with Crippen LogP contribution in [-0.4, -0.2) is 18.9 Å². The lowest BCUT2D eigenvalue weighted by atomic mass is 9.97. The molecule has 0 fully saturated rings. The van der Waals surface area contributed by atoms with Gasteiger partial charge in [-0.05, 0) is 41.5 Å². The fourth-order valence-corrected chi connectivity index (χ4v) is 3.11. The van der Waals surface area contributed by atoms with Crippen LogP contribution in [0.4, 0.5) is 0 Å². The molecular weight excluding hydrogens is 402 g/mol. The highest BCUT2D eigenvalue weighted by atomic mass is 15.0. The number of aliphatic imine (C=N–C) groups is 1. The van der Waals surface area contributed by atoms with Crippen molar-refractivity contribution in [1.29, 1.82) is 0 Å². The van der Waals surface area contributed by atoms with Gasteiger partial charge in [-0.15, -0.1) is 0 Å². The summed E-state index contributed by atoms with van der Waals surface area (Å²) < 4.78 is 0. The second-order valence-electron chi connectivity index (χ2n) is 7.79. The van der Waals surface area contributed by atoms with E-state index in [0.29, 0.717) is 12.6 Å². The Balaban J connectivity index is 3.00. The van der Waals surface area contributed by atoms with Crippen LogP contribution in [-0.2, 0) is 0 Å². The van der Waals surface area contributed by atoms with E-state index in [1.54, 1.807) is 18.5 Å². The van der Waals surface area contributed by atoms with Gasteiger partial charge >= 0.3 is 0 Å². The molecule has 1 rings (SSSR count). The largest absolute Gasteiger partial charge is 0.318 e. The molecule has 1 unspecified atom stereocenters. The molecule has 0 heterocycles. The summed E-state index contributed by atoms with van der Waals surface area (Å²) in [6.07, 6.45) is 22.5. The average molecular weight is 442 g/mol. The summed E-state index contributed by atoms with van der Waals surface area (Å²) in [5.41, 5.74) is 11.3. The zero-order chi connectivity index (χ0) is 24.5. The Labute approximate surface area is 200 Å². The minimum atomic E-state index is -0.0299. The summed E-state index contributed by atoms with van der Waals surface area (Å²) in [4.78, 5) is 4.19. The third kappa shape index (κ3) is 10.7. The van der Waals surface area contributed by atoms with Crippen LogP contribution < -0.4 is 11.1 Å². The normalized spacial score (nSPS) is 14.2. The Morgan fingerprint density at radius 2 is 1.82 bits per heavy atom. The van der Waals surface area contributed by atoms with Gasteiger partial charge in [-0.1, -0.05) is 118 Å². The highest BCUT2D eigenvalue weighted by Gasteiger charge is 2.07. The second-order valence-corrected chi connectivity index (χ2v) is 7.79. The van der Waals surface area contributed by atoms with Gasteiger partial charge < -0.3 is 5.73 Å². The van der Waals surface area contributed by atoms with Crippen LogP contribution in [0.1, 0.15) is 38.3 Å². The lowest BCUT2D eigenvalue weighted by molar-refractivity contribution is 0.676. The van der Waals surface area contributed by atoms with Crippen LogP contribution in [0.3, 0.4) is 0 Å². The number of nitrogens with zero attached hydrogens (tertiary/aromatic N) is 1. The zero-order valence-corrected chi connectivity index (χ0v) is 20.4. The maximum Gasteiger partial charge on any atom is 0.0519 e. The fraction of sp³-hybridized carbons (Fsp3) is 0.233. The van der Waals surface area contributed by atoms with Crippen molar-refractivity contribution in [3.63, 3.8) is 0 Å². The number of hydrogen-bond acceptors (Lipinski definition) is 3. The monoisotopic (exact) mass is 441 g/mol. The molecule has 0 spiro atoms. The van der Waals surface area contributed by atoms with Gasteiger partial charge in [0.05, 0.1) is 6.04 Å². The van der Waals surface area contributed by atoms with Gasteiger partial charge in [-0.25, -0.2) is 0 Å².